The molecule has 92 valence electrons. The summed E-state index contributed by atoms with van der Waals surface area (Å²) in [5, 5.41) is 3.36. The predicted octanol–water partition coefficient (Wildman–Crippen LogP) is 1.95. The number of H-pyrrole nitrogens is 1. The average Bonchev–Trinajstić information content (AvgIpc) is 2.77. The van der Waals surface area contributed by atoms with Crippen molar-refractivity contribution in [3.8, 4) is 0 Å². The van der Waals surface area contributed by atoms with Crippen molar-refractivity contribution in [2.45, 2.75) is 18.9 Å². The Hall–Kier alpha value is -1.37. The van der Waals surface area contributed by atoms with Crippen LogP contribution in [0.1, 0.15) is 11.1 Å². The highest BCUT2D eigenvalue weighted by atomic mass is 127. The fraction of sp³-hybridized carbons (Fsp3) is 0.231. The van der Waals surface area contributed by atoms with Gasteiger partial charge in [-0.15, -0.1) is 0 Å². The molecule has 18 heavy (non-hydrogen) atoms. The first-order chi connectivity index (χ1) is 8.74. The fourth-order valence-corrected chi connectivity index (χ4v) is 2.79. The predicted molar refractivity (Wildman–Crippen MR) is 78.8 cm³/mol. The summed E-state index contributed by atoms with van der Waals surface area (Å²) in [6, 6.07) is 8.78. The van der Waals surface area contributed by atoms with E-state index < -0.39 is 0 Å². The second-order valence-electron chi connectivity index (χ2n) is 4.41. The molecule has 4 nitrogen and oxygen atoms in total. The first kappa shape index (κ1) is 11.7. The highest BCUT2D eigenvalue weighted by Crippen LogP contribution is 2.24. The normalized spacial score (nSPS) is 14.5. The van der Waals surface area contributed by atoms with Crippen molar-refractivity contribution in [3.63, 3.8) is 0 Å². The van der Waals surface area contributed by atoms with E-state index in [0.29, 0.717) is 15.4 Å². The Morgan fingerprint density at radius 1 is 1.28 bits per heavy atom. The Bertz CT molecular complexity index is 613. The van der Waals surface area contributed by atoms with E-state index in [1.54, 1.807) is 0 Å². The van der Waals surface area contributed by atoms with Gasteiger partial charge in [-0.1, -0.05) is 24.3 Å². The van der Waals surface area contributed by atoms with Gasteiger partial charge in [-0.3, -0.25) is 4.79 Å². The average molecular weight is 353 g/mol. The van der Waals surface area contributed by atoms with Crippen LogP contribution < -0.4 is 10.9 Å². The molecule has 1 heterocycles. The summed E-state index contributed by atoms with van der Waals surface area (Å²) >= 11 is 2.02. The summed E-state index contributed by atoms with van der Waals surface area (Å²) in [4.78, 5) is 18.2. The van der Waals surface area contributed by atoms with Gasteiger partial charge >= 0.3 is 0 Å². The van der Waals surface area contributed by atoms with Gasteiger partial charge in [0.1, 0.15) is 9.39 Å². The van der Waals surface area contributed by atoms with Crippen LogP contribution in [0.4, 0.5) is 5.82 Å². The van der Waals surface area contributed by atoms with Crippen molar-refractivity contribution in [2.75, 3.05) is 5.32 Å². The molecule has 2 N–H and O–H groups in total. The van der Waals surface area contributed by atoms with Gasteiger partial charge in [-0.05, 0) is 46.6 Å². The van der Waals surface area contributed by atoms with Crippen LogP contribution in [0.3, 0.4) is 0 Å². The van der Waals surface area contributed by atoms with Gasteiger partial charge in [0.05, 0.1) is 6.33 Å². The minimum Gasteiger partial charge on any atom is -0.366 e. The van der Waals surface area contributed by atoms with Gasteiger partial charge in [0, 0.05) is 6.04 Å². The van der Waals surface area contributed by atoms with Crippen LogP contribution in [0.5, 0.6) is 0 Å². The number of anilines is 1. The van der Waals surface area contributed by atoms with E-state index in [2.05, 4.69) is 39.6 Å². The molecule has 0 saturated carbocycles. The first-order valence-electron chi connectivity index (χ1n) is 5.80. The van der Waals surface area contributed by atoms with Gasteiger partial charge in [-0.25, -0.2) is 4.98 Å². The Morgan fingerprint density at radius 3 is 2.61 bits per heavy atom. The molecule has 0 radical (unpaired) electrons. The smallest absolute Gasteiger partial charge is 0.266 e. The van der Waals surface area contributed by atoms with Crippen LogP contribution in [0.25, 0.3) is 0 Å². The molecule has 3 rings (SSSR count). The molecular formula is C13H12IN3O. The summed E-state index contributed by atoms with van der Waals surface area (Å²) < 4.78 is 0.617. The van der Waals surface area contributed by atoms with Crippen LogP contribution in [-0.4, -0.2) is 16.0 Å². The molecule has 1 aromatic carbocycles. The quantitative estimate of drug-likeness (QED) is 0.812. The second kappa shape index (κ2) is 4.72. The molecule has 5 heteroatoms. The monoisotopic (exact) mass is 353 g/mol. The fourth-order valence-electron chi connectivity index (χ4n) is 2.34. The molecule has 0 amide bonds. The van der Waals surface area contributed by atoms with Gasteiger partial charge in [0.25, 0.3) is 5.56 Å². The van der Waals surface area contributed by atoms with Gasteiger partial charge in [-0.2, -0.15) is 0 Å². The summed E-state index contributed by atoms with van der Waals surface area (Å²) in [6.45, 7) is 0. The SMILES string of the molecule is O=c1[nH]cnc(NC2Cc3ccccc3C2)c1I. The van der Waals surface area contributed by atoms with Crippen molar-refractivity contribution < 1.29 is 0 Å². The third kappa shape index (κ3) is 2.14. The molecule has 1 aliphatic rings. The summed E-state index contributed by atoms with van der Waals surface area (Å²) in [5.74, 6) is 0.678. The highest BCUT2D eigenvalue weighted by molar-refractivity contribution is 14.1. The number of nitrogens with zero attached hydrogens (tertiary/aromatic N) is 1. The molecule has 0 atom stereocenters. The Morgan fingerprint density at radius 2 is 1.94 bits per heavy atom. The number of rotatable bonds is 2. The minimum atomic E-state index is -0.0939. The van der Waals surface area contributed by atoms with Crippen molar-refractivity contribution in [3.05, 3.63) is 55.6 Å². The number of benzene rings is 1. The second-order valence-corrected chi connectivity index (χ2v) is 5.49. The molecule has 0 unspecified atom stereocenters. The van der Waals surface area contributed by atoms with E-state index in [9.17, 15) is 4.79 Å². The van der Waals surface area contributed by atoms with Crippen LogP contribution in [0.2, 0.25) is 0 Å². The lowest BCUT2D eigenvalue weighted by atomic mass is 10.1. The largest absolute Gasteiger partial charge is 0.366 e. The number of hydrogen-bond donors (Lipinski definition) is 2. The minimum absolute atomic E-state index is 0.0939. The van der Waals surface area contributed by atoms with E-state index >= 15 is 0 Å². The van der Waals surface area contributed by atoms with Gasteiger partial charge in [0.2, 0.25) is 0 Å². The standard InChI is InChI=1S/C13H12IN3O/c14-11-12(15-7-16-13(11)18)17-10-5-8-3-1-2-4-9(8)6-10/h1-4,7,10H,5-6H2,(H2,15,16,17,18). The maximum atomic E-state index is 11.5. The van der Waals surface area contributed by atoms with Crippen LogP contribution in [0.15, 0.2) is 35.4 Å². The molecule has 0 saturated heterocycles. The van der Waals surface area contributed by atoms with Gasteiger partial charge < -0.3 is 10.3 Å². The maximum Gasteiger partial charge on any atom is 0.266 e. The van der Waals surface area contributed by atoms with Crippen molar-refractivity contribution >= 4 is 28.4 Å². The lowest BCUT2D eigenvalue weighted by Crippen LogP contribution is -2.23. The lowest BCUT2D eigenvalue weighted by Gasteiger charge is -2.13. The highest BCUT2D eigenvalue weighted by Gasteiger charge is 2.21. The number of nitrogens with one attached hydrogen (secondary N) is 2. The zero-order valence-corrected chi connectivity index (χ0v) is 11.8. The van der Waals surface area contributed by atoms with Gasteiger partial charge in [0.15, 0.2) is 0 Å². The lowest BCUT2D eigenvalue weighted by molar-refractivity contribution is 0.766. The van der Waals surface area contributed by atoms with E-state index in [4.69, 9.17) is 0 Å². The topological polar surface area (TPSA) is 57.8 Å². The molecule has 0 spiro atoms. The van der Waals surface area contributed by atoms with Crippen molar-refractivity contribution in [1.29, 1.82) is 0 Å². The number of halogens is 1. The van der Waals surface area contributed by atoms with E-state index in [-0.39, 0.29) is 5.56 Å². The van der Waals surface area contributed by atoms with E-state index in [1.165, 1.54) is 17.5 Å². The molecule has 0 aliphatic heterocycles. The summed E-state index contributed by atoms with van der Waals surface area (Å²) in [6.07, 6.45) is 3.41. The van der Waals surface area contributed by atoms with Crippen LogP contribution in [-0.2, 0) is 12.8 Å². The maximum absolute atomic E-state index is 11.5. The number of hydrogen-bond acceptors (Lipinski definition) is 3. The number of aromatic nitrogens is 2. The van der Waals surface area contributed by atoms with E-state index in [0.717, 1.165) is 12.8 Å². The number of aromatic amines is 1. The summed E-state index contributed by atoms with van der Waals surface area (Å²) in [7, 11) is 0. The Labute approximate surface area is 118 Å². The Kier molecular flexibility index (Phi) is 3.07. The number of fused-ring (bicyclic) bond motifs is 1. The molecule has 2 aromatic rings. The molecule has 1 aliphatic carbocycles. The third-order valence-corrected chi connectivity index (χ3v) is 4.19. The first-order valence-corrected chi connectivity index (χ1v) is 6.88. The third-order valence-electron chi connectivity index (χ3n) is 3.19. The summed E-state index contributed by atoms with van der Waals surface area (Å²) in [5.41, 5.74) is 2.67. The molecule has 0 fully saturated rings. The van der Waals surface area contributed by atoms with E-state index in [1.807, 2.05) is 22.6 Å². The zero-order chi connectivity index (χ0) is 12.5. The van der Waals surface area contributed by atoms with Crippen molar-refractivity contribution in [2.24, 2.45) is 0 Å². The Balaban J connectivity index is 1.80. The molecule has 1 aromatic heterocycles. The van der Waals surface area contributed by atoms with Crippen molar-refractivity contribution in [1.82, 2.24) is 9.97 Å². The molecular weight excluding hydrogens is 341 g/mol. The van der Waals surface area contributed by atoms with Crippen LogP contribution in [0, 0.1) is 3.57 Å². The zero-order valence-electron chi connectivity index (χ0n) is 9.61. The van der Waals surface area contributed by atoms with Crippen LogP contribution >= 0.6 is 22.6 Å². The molecule has 0 bridgehead atoms.